The third kappa shape index (κ3) is 10.7. The molecule has 16 nitrogen and oxygen atoms in total. The molecule has 0 aliphatic carbocycles. The first kappa shape index (κ1) is 33.4. The van der Waals surface area contributed by atoms with Crippen LogP contribution in [-0.2, 0) is 0 Å². The normalized spacial score (nSPS) is 9.14. The molecule has 2 aromatic heterocycles. The van der Waals surface area contributed by atoms with Crippen LogP contribution in [0.2, 0.25) is 0 Å². The first-order chi connectivity index (χ1) is 19.9. The van der Waals surface area contributed by atoms with Crippen molar-refractivity contribution >= 4 is 35.8 Å². The van der Waals surface area contributed by atoms with Gasteiger partial charge < -0.3 is 30.6 Å². The second-order valence-electron chi connectivity index (χ2n) is 7.08. The molecule has 4 aromatic rings. The van der Waals surface area contributed by atoms with Gasteiger partial charge in [0.2, 0.25) is 0 Å². The van der Waals surface area contributed by atoms with Crippen molar-refractivity contribution in [1.29, 1.82) is 0 Å². The van der Waals surface area contributed by atoms with E-state index in [1.165, 1.54) is 12.1 Å². The van der Waals surface area contributed by atoms with Gasteiger partial charge in [0, 0.05) is 49.6 Å². The lowest BCUT2D eigenvalue weighted by Crippen LogP contribution is -2.14. The molecule has 2 heterocycles. The van der Waals surface area contributed by atoms with E-state index in [4.69, 9.17) is 30.6 Å². The minimum Gasteiger partial charge on any atom is -0.478 e. The summed E-state index contributed by atoms with van der Waals surface area (Å²) in [5.74, 6) is -9.06. The first-order valence-electron chi connectivity index (χ1n) is 11.0. The van der Waals surface area contributed by atoms with E-state index in [2.05, 4.69) is 19.9 Å². The van der Waals surface area contributed by atoms with Gasteiger partial charge in [0.05, 0.1) is 33.4 Å². The van der Waals surface area contributed by atoms with Gasteiger partial charge in [-0.3, -0.25) is 19.9 Å². The van der Waals surface area contributed by atoms with Crippen LogP contribution in [0.15, 0.2) is 86.0 Å². The Kier molecular flexibility index (Phi) is 13.6. The quantitative estimate of drug-likeness (QED) is 0.191. The number of hydrogen-bond donors (Lipinski definition) is 6. The summed E-state index contributed by atoms with van der Waals surface area (Å²) in [4.78, 5) is 78.9. The Bertz CT molecular complexity index is 1310. The van der Waals surface area contributed by atoms with Gasteiger partial charge in [-0.05, 0) is 24.3 Å². The van der Waals surface area contributed by atoms with Crippen LogP contribution in [-0.4, -0.2) is 86.4 Å². The molecule has 0 fully saturated rings. The molecule has 0 aliphatic heterocycles. The average Bonchev–Trinajstić information content (AvgIpc) is 2.98. The third-order valence-corrected chi connectivity index (χ3v) is 4.43. The number of nitrogens with zero attached hydrogens (tertiary/aromatic N) is 4. The molecule has 0 atom stereocenters. The zero-order valence-corrected chi connectivity index (χ0v) is 21.0. The predicted octanol–water partition coefficient (Wildman–Crippen LogP) is 2.52. The summed E-state index contributed by atoms with van der Waals surface area (Å²) in [5.41, 5.74) is -3.58. The Balaban J connectivity index is 0.000000303. The van der Waals surface area contributed by atoms with Crippen molar-refractivity contribution in [2.75, 3.05) is 0 Å². The standard InChI is InChI=1S/2C9H6O6.2C4H4N2/c2*10-7(11)4-2-1-3-5(8(12)13)6(4)9(14)15;2*1-2-6-4-3-5-1/h2*1-3H,(H,10,11)(H,12,13)(H,14,15);2*1-4H. The SMILES string of the molecule is O=C(O)c1cccc(C(=O)O)c1C(=O)O.O=C(O)c1cccc(C(=O)O)c1C(=O)O.c1cnccn1.c1cnccn1. The molecule has 2 aromatic carbocycles. The van der Waals surface area contributed by atoms with Gasteiger partial charge >= 0.3 is 35.8 Å². The topological polar surface area (TPSA) is 275 Å². The van der Waals surface area contributed by atoms with E-state index in [9.17, 15) is 28.8 Å². The molecule has 0 saturated heterocycles. The summed E-state index contributed by atoms with van der Waals surface area (Å²) in [7, 11) is 0. The number of carbonyl (C=O) groups is 6. The van der Waals surface area contributed by atoms with Crippen LogP contribution < -0.4 is 0 Å². The van der Waals surface area contributed by atoms with E-state index in [1.54, 1.807) is 49.6 Å². The fraction of sp³-hybridized carbons (Fsp3) is 0. The molecular weight excluding hydrogens is 560 g/mol. The molecule has 16 heteroatoms. The van der Waals surface area contributed by atoms with Gasteiger partial charge in [-0.25, -0.2) is 28.8 Å². The van der Waals surface area contributed by atoms with Crippen LogP contribution in [0.4, 0.5) is 0 Å². The molecule has 6 N–H and O–H groups in total. The second kappa shape index (κ2) is 17.1. The van der Waals surface area contributed by atoms with Gasteiger partial charge in [0.25, 0.3) is 0 Å². The molecule has 0 aliphatic rings. The lowest BCUT2D eigenvalue weighted by Gasteiger charge is -2.04. The van der Waals surface area contributed by atoms with Crippen LogP contribution in [0.3, 0.4) is 0 Å². The maximum absolute atomic E-state index is 10.7. The summed E-state index contributed by atoms with van der Waals surface area (Å²) in [6.07, 6.45) is 13.1. The Hall–Kier alpha value is -6.58. The van der Waals surface area contributed by atoms with Crippen molar-refractivity contribution in [2.24, 2.45) is 0 Å². The zero-order chi connectivity index (χ0) is 31.7. The van der Waals surface area contributed by atoms with Crippen LogP contribution in [0.5, 0.6) is 0 Å². The molecule has 0 spiro atoms. The third-order valence-electron chi connectivity index (χ3n) is 4.43. The number of aromatic nitrogens is 4. The molecule has 216 valence electrons. The highest BCUT2D eigenvalue weighted by Crippen LogP contribution is 2.16. The summed E-state index contributed by atoms with van der Waals surface area (Å²) in [6.45, 7) is 0. The van der Waals surface area contributed by atoms with Crippen molar-refractivity contribution in [3.63, 3.8) is 0 Å². The van der Waals surface area contributed by atoms with Gasteiger partial charge in [-0.1, -0.05) is 12.1 Å². The molecular formula is C26H20N4O12. The lowest BCUT2D eigenvalue weighted by molar-refractivity contribution is 0.0632. The molecule has 0 unspecified atom stereocenters. The fourth-order valence-corrected chi connectivity index (χ4v) is 2.79. The first-order valence-corrected chi connectivity index (χ1v) is 11.0. The Morgan fingerprint density at radius 1 is 0.357 bits per heavy atom. The molecule has 42 heavy (non-hydrogen) atoms. The van der Waals surface area contributed by atoms with Crippen LogP contribution in [0.25, 0.3) is 0 Å². The fourth-order valence-electron chi connectivity index (χ4n) is 2.79. The average molecular weight is 580 g/mol. The van der Waals surface area contributed by atoms with Gasteiger partial charge in [0.15, 0.2) is 0 Å². The van der Waals surface area contributed by atoms with E-state index in [1.807, 2.05) is 0 Å². The van der Waals surface area contributed by atoms with Gasteiger partial charge in [-0.15, -0.1) is 0 Å². The van der Waals surface area contributed by atoms with Crippen molar-refractivity contribution in [1.82, 2.24) is 19.9 Å². The number of carboxylic acid groups (broad SMARTS) is 6. The summed E-state index contributed by atoms with van der Waals surface area (Å²) in [5, 5.41) is 52.1. The number of rotatable bonds is 6. The Morgan fingerprint density at radius 2 is 0.548 bits per heavy atom. The number of benzene rings is 2. The molecule has 4 rings (SSSR count). The Labute approximate surface area is 234 Å². The summed E-state index contributed by atoms with van der Waals surface area (Å²) in [6, 6.07) is 6.52. The van der Waals surface area contributed by atoms with Crippen molar-refractivity contribution in [2.45, 2.75) is 0 Å². The molecule has 0 bridgehead atoms. The maximum atomic E-state index is 10.7. The Morgan fingerprint density at radius 3 is 0.667 bits per heavy atom. The highest BCUT2D eigenvalue weighted by atomic mass is 16.4. The van der Waals surface area contributed by atoms with Gasteiger partial charge in [-0.2, -0.15) is 0 Å². The second-order valence-corrected chi connectivity index (χ2v) is 7.08. The lowest BCUT2D eigenvalue weighted by atomic mass is 10.0. The monoisotopic (exact) mass is 580 g/mol. The molecule has 0 saturated carbocycles. The van der Waals surface area contributed by atoms with E-state index >= 15 is 0 Å². The van der Waals surface area contributed by atoms with E-state index < -0.39 is 69.2 Å². The molecule has 0 amide bonds. The summed E-state index contributed by atoms with van der Waals surface area (Å²) >= 11 is 0. The molecule has 0 radical (unpaired) electrons. The van der Waals surface area contributed by atoms with Gasteiger partial charge in [0.1, 0.15) is 0 Å². The van der Waals surface area contributed by atoms with Crippen molar-refractivity contribution in [3.8, 4) is 0 Å². The van der Waals surface area contributed by atoms with E-state index in [-0.39, 0.29) is 0 Å². The summed E-state index contributed by atoms with van der Waals surface area (Å²) < 4.78 is 0. The minimum absolute atomic E-state index is 0.539. The van der Waals surface area contributed by atoms with Crippen molar-refractivity contribution in [3.05, 3.63) is 119 Å². The van der Waals surface area contributed by atoms with Crippen LogP contribution >= 0.6 is 0 Å². The van der Waals surface area contributed by atoms with Crippen LogP contribution in [0, 0.1) is 0 Å². The van der Waals surface area contributed by atoms with E-state index in [0.29, 0.717) is 0 Å². The minimum atomic E-state index is -1.58. The number of aromatic carboxylic acids is 6. The predicted molar refractivity (Wildman–Crippen MR) is 139 cm³/mol. The maximum Gasteiger partial charge on any atom is 0.337 e. The van der Waals surface area contributed by atoms with Crippen LogP contribution in [0.1, 0.15) is 62.1 Å². The number of carboxylic acids is 6. The number of hydrogen-bond acceptors (Lipinski definition) is 10. The highest BCUT2D eigenvalue weighted by molar-refractivity contribution is 6.09. The smallest absolute Gasteiger partial charge is 0.337 e. The highest BCUT2D eigenvalue weighted by Gasteiger charge is 2.24. The largest absolute Gasteiger partial charge is 0.478 e. The van der Waals surface area contributed by atoms with E-state index in [0.717, 1.165) is 24.3 Å². The zero-order valence-electron chi connectivity index (χ0n) is 21.0. The van der Waals surface area contributed by atoms with Crippen molar-refractivity contribution < 1.29 is 59.4 Å².